The maximum absolute atomic E-state index is 11.8. The van der Waals surface area contributed by atoms with Crippen molar-refractivity contribution in [3.05, 3.63) is 51.7 Å². The molecule has 0 aliphatic rings. The first kappa shape index (κ1) is 13.8. The average Bonchev–Trinajstić information content (AvgIpc) is 2.87. The van der Waals surface area contributed by atoms with Crippen molar-refractivity contribution < 1.29 is 4.79 Å². The van der Waals surface area contributed by atoms with Crippen molar-refractivity contribution in [1.82, 2.24) is 0 Å². The van der Waals surface area contributed by atoms with Crippen LogP contribution in [0.25, 0.3) is 0 Å². The largest absolute Gasteiger partial charge is 0.326 e. The maximum atomic E-state index is 11.8. The minimum atomic E-state index is 0.0970. The summed E-state index contributed by atoms with van der Waals surface area (Å²) in [6.07, 6.45) is 2.46. The van der Waals surface area contributed by atoms with E-state index in [0.717, 1.165) is 18.5 Å². The molecule has 0 saturated heterocycles. The van der Waals surface area contributed by atoms with Crippen LogP contribution < -0.4 is 5.32 Å². The van der Waals surface area contributed by atoms with Crippen molar-refractivity contribution in [2.24, 2.45) is 0 Å². The molecule has 1 heterocycles. The normalized spacial score (nSPS) is 10.4. The van der Waals surface area contributed by atoms with Crippen molar-refractivity contribution in [1.29, 1.82) is 0 Å². The third-order valence-corrected chi connectivity index (χ3v) is 4.13. The highest BCUT2D eigenvalue weighted by atomic mass is 32.1. The molecule has 1 amide bonds. The lowest BCUT2D eigenvalue weighted by molar-refractivity contribution is -0.116. The van der Waals surface area contributed by atoms with Crippen molar-refractivity contribution in [2.45, 2.75) is 33.1 Å². The highest BCUT2D eigenvalue weighted by Crippen LogP contribution is 2.15. The zero-order valence-corrected chi connectivity index (χ0v) is 12.2. The third-order valence-electron chi connectivity index (χ3n) is 3.20. The molecule has 19 heavy (non-hydrogen) atoms. The van der Waals surface area contributed by atoms with Crippen molar-refractivity contribution in [3.8, 4) is 0 Å². The second-order valence-corrected chi connectivity index (χ2v) is 5.81. The Kier molecular flexibility index (Phi) is 4.74. The van der Waals surface area contributed by atoms with Gasteiger partial charge >= 0.3 is 0 Å². The molecule has 0 fully saturated rings. The van der Waals surface area contributed by atoms with Crippen LogP contribution in [-0.2, 0) is 11.2 Å². The molecule has 1 aromatic heterocycles. The van der Waals surface area contributed by atoms with E-state index >= 15 is 0 Å². The summed E-state index contributed by atoms with van der Waals surface area (Å²) in [7, 11) is 0. The average molecular weight is 273 g/mol. The van der Waals surface area contributed by atoms with Crippen molar-refractivity contribution in [3.63, 3.8) is 0 Å². The zero-order valence-electron chi connectivity index (χ0n) is 11.4. The number of rotatable bonds is 5. The van der Waals surface area contributed by atoms with Crippen LogP contribution in [0.1, 0.15) is 28.8 Å². The summed E-state index contributed by atoms with van der Waals surface area (Å²) in [6, 6.07) is 10.2. The number of carbonyl (C=O) groups is 1. The highest BCUT2D eigenvalue weighted by molar-refractivity contribution is 7.09. The Labute approximate surface area is 118 Å². The van der Waals surface area contributed by atoms with Crippen molar-refractivity contribution >= 4 is 22.9 Å². The molecule has 3 heteroatoms. The Morgan fingerprint density at radius 2 is 2.05 bits per heavy atom. The van der Waals surface area contributed by atoms with Crippen LogP contribution in [0.5, 0.6) is 0 Å². The van der Waals surface area contributed by atoms with Crippen molar-refractivity contribution in [2.75, 3.05) is 5.32 Å². The highest BCUT2D eigenvalue weighted by Gasteiger charge is 2.04. The molecule has 2 rings (SSSR count). The van der Waals surface area contributed by atoms with Gasteiger partial charge in [0.15, 0.2) is 0 Å². The summed E-state index contributed by atoms with van der Waals surface area (Å²) in [5.41, 5.74) is 3.34. The molecule has 0 aliphatic carbocycles. The number of amides is 1. The molecule has 0 saturated carbocycles. The molecule has 0 atom stereocenters. The number of anilines is 1. The first-order valence-corrected chi connectivity index (χ1v) is 7.42. The van der Waals surface area contributed by atoms with Gasteiger partial charge in [0.25, 0.3) is 0 Å². The van der Waals surface area contributed by atoms with Crippen LogP contribution in [-0.4, -0.2) is 5.91 Å². The van der Waals surface area contributed by atoms with Gasteiger partial charge in [-0.2, -0.15) is 0 Å². The standard InChI is InChI=1S/C16H19NOS/c1-12-8-9-14(11-13(12)2)17-16(18)7-3-5-15-6-4-10-19-15/h4,6,8-11H,3,5,7H2,1-2H3,(H,17,18). The molecule has 0 bridgehead atoms. The predicted molar refractivity (Wildman–Crippen MR) is 81.8 cm³/mol. The summed E-state index contributed by atoms with van der Waals surface area (Å²) in [5, 5.41) is 5.03. The van der Waals surface area contributed by atoms with Gasteiger partial charge in [0.05, 0.1) is 0 Å². The lowest BCUT2D eigenvalue weighted by Crippen LogP contribution is -2.11. The van der Waals surface area contributed by atoms with Crippen LogP contribution in [0.3, 0.4) is 0 Å². The Morgan fingerprint density at radius 3 is 2.74 bits per heavy atom. The summed E-state index contributed by atoms with van der Waals surface area (Å²) in [5.74, 6) is 0.0970. The molecule has 0 aliphatic heterocycles. The van der Waals surface area contributed by atoms with E-state index in [4.69, 9.17) is 0 Å². The van der Waals surface area contributed by atoms with Crippen LogP contribution >= 0.6 is 11.3 Å². The lowest BCUT2D eigenvalue weighted by Gasteiger charge is -2.07. The fourth-order valence-electron chi connectivity index (χ4n) is 1.92. The molecule has 1 N–H and O–H groups in total. The van der Waals surface area contributed by atoms with Gasteiger partial charge in [0.2, 0.25) is 5.91 Å². The quantitative estimate of drug-likeness (QED) is 0.863. The van der Waals surface area contributed by atoms with E-state index in [2.05, 4.69) is 36.7 Å². The van der Waals surface area contributed by atoms with Gasteiger partial charge in [0.1, 0.15) is 0 Å². The Balaban J connectivity index is 1.79. The predicted octanol–water partition coefficient (Wildman–Crippen LogP) is 4.33. The fraction of sp³-hybridized carbons (Fsp3) is 0.312. The number of benzene rings is 1. The molecule has 1 aromatic carbocycles. The first-order chi connectivity index (χ1) is 9.15. The van der Waals surface area contributed by atoms with Crippen LogP contribution in [0.2, 0.25) is 0 Å². The molecule has 2 aromatic rings. The SMILES string of the molecule is Cc1ccc(NC(=O)CCCc2cccs2)cc1C. The number of thiophene rings is 1. The number of carbonyl (C=O) groups excluding carboxylic acids is 1. The minimum Gasteiger partial charge on any atom is -0.326 e. The van der Waals surface area contributed by atoms with E-state index in [1.807, 2.05) is 18.2 Å². The Morgan fingerprint density at radius 1 is 1.21 bits per heavy atom. The molecular formula is C16H19NOS. The lowest BCUT2D eigenvalue weighted by atomic mass is 10.1. The van der Waals surface area contributed by atoms with Gasteiger partial charge in [-0.1, -0.05) is 12.1 Å². The van der Waals surface area contributed by atoms with E-state index in [-0.39, 0.29) is 5.91 Å². The molecule has 0 spiro atoms. The van der Waals surface area contributed by atoms with Gasteiger partial charge in [0, 0.05) is 17.0 Å². The smallest absolute Gasteiger partial charge is 0.224 e. The van der Waals surface area contributed by atoms with Gasteiger partial charge < -0.3 is 5.32 Å². The Bertz CT molecular complexity index is 546. The van der Waals surface area contributed by atoms with E-state index in [1.54, 1.807) is 11.3 Å². The van der Waals surface area contributed by atoms with Gasteiger partial charge in [-0.25, -0.2) is 0 Å². The minimum absolute atomic E-state index is 0.0970. The summed E-state index contributed by atoms with van der Waals surface area (Å²) in [6.45, 7) is 4.13. The first-order valence-electron chi connectivity index (χ1n) is 6.54. The second kappa shape index (κ2) is 6.53. The van der Waals surface area contributed by atoms with Crippen LogP contribution in [0.15, 0.2) is 35.7 Å². The summed E-state index contributed by atoms with van der Waals surface area (Å²) in [4.78, 5) is 13.2. The summed E-state index contributed by atoms with van der Waals surface area (Å²) < 4.78 is 0. The van der Waals surface area contributed by atoms with Gasteiger partial charge in [-0.3, -0.25) is 4.79 Å². The molecule has 100 valence electrons. The number of nitrogens with one attached hydrogen (secondary N) is 1. The number of aryl methyl sites for hydroxylation is 3. The zero-order chi connectivity index (χ0) is 13.7. The summed E-state index contributed by atoms with van der Waals surface area (Å²) >= 11 is 1.75. The number of hydrogen-bond acceptors (Lipinski definition) is 2. The molecule has 0 unspecified atom stereocenters. The molecular weight excluding hydrogens is 254 g/mol. The second-order valence-electron chi connectivity index (χ2n) is 4.78. The molecule has 2 nitrogen and oxygen atoms in total. The van der Waals surface area contributed by atoms with Gasteiger partial charge in [-0.15, -0.1) is 11.3 Å². The topological polar surface area (TPSA) is 29.1 Å². The van der Waals surface area contributed by atoms with E-state index < -0.39 is 0 Å². The van der Waals surface area contributed by atoms with Crippen LogP contribution in [0, 0.1) is 13.8 Å². The van der Waals surface area contributed by atoms with E-state index in [1.165, 1.54) is 16.0 Å². The Hall–Kier alpha value is -1.61. The monoisotopic (exact) mass is 273 g/mol. The van der Waals surface area contributed by atoms with E-state index in [0.29, 0.717) is 6.42 Å². The van der Waals surface area contributed by atoms with Crippen LogP contribution in [0.4, 0.5) is 5.69 Å². The van der Waals surface area contributed by atoms with E-state index in [9.17, 15) is 4.79 Å². The maximum Gasteiger partial charge on any atom is 0.224 e. The third kappa shape index (κ3) is 4.21. The van der Waals surface area contributed by atoms with Gasteiger partial charge in [-0.05, 0) is 61.4 Å². The molecule has 0 radical (unpaired) electrons. The number of hydrogen-bond donors (Lipinski definition) is 1. The fourth-order valence-corrected chi connectivity index (χ4v) is 2.67.